The predicted octanol–water partition coefficient (Wildman–Crippen LogP) is 2.90. The van der Waals surface area contributed by atoms with Crippen molar-refractivity contribution >= 4 is 5.91 Å². The van der Waals surface area contributed by atoms with Gasteiger partial charge in [0.2, 0.25) is 0 Å². The van der Waals surface area contributed by atoms with Crippen molar-refractivity contribution in [2.75, 3.05) is 0 Å². The largest absolute Gasteiger partial charge is 0.481 e. The first-order chi connectivity index (χ1) is 8.52. The smallest absolute Gasteiger partial charge is 0.260 e. The van der Waals surface area contributed by atoms with Crippen LogP contribution in [0.4, 0.5) is 4.39 Å². The number of carbonyl (C=O) groups is 1. The van der Waals surface area contributed by atoms with E-state index in [2.05, 4.69) is 12.2 Å². The van der Waals surface area contributed by atoms with Gasteiger partial charge in [0.1, 0.15) is 11.6 Å². The number of hydrogen-bond donors (Lipinski definition) is 1. The van der Waals surface area contributed by atoms with Gasteiger partial charge < -0.3 is 10.1 Å². The van der Waals surface area contributed by atoms with Gasteiger partial charge in [0.05, 0.1) is 0 Å². The molecule has 0 saturated heterocycles. The van der Waals surface area contributed by atoms with Gasteiger partial charge in [-0.3, -0.25) is 4.79 Å². The molecule has 1 amide bonds. The number of hydrogen-bond acceptors (Lipinski definition) is 2. The Kier molecular flexibility index (Phi) is 5.62. The average molecular weight is 253 g/mol. The molecular formula is C14H20FNO2. The van der Waals surface area contributed by atoms with Crippen LogP contribution >= 0.6 is 0 Å². The first kappa shape index (κ1) is 14.5. The highest BCUT2D eigenvalue weighted by Gasteiger charge is 2.16. The Morgan fingerprint density at radius 3 is 2.50 bits per heavy atom. The summed E-state index contributed by atoms with van der Waals surface area (Å²) in [6.45, 7) is 5.71. The Labute approximate surface area is 107 Å². The molecule has 0 aliphatic heterocycles. The number of ether oxygens (including phenoxy) is 1. The van der Waals surface area contributed by atoms with E-state index in [1.807, 2.05) is 6.92 Å². The van der Waals surface area contributed by atoms with Crippen molar-refractivity contribution in [1.82, 2.24) is 5.32 Å². The molecule has 0 heterocycles. The summed E-state index contributed by atoms with van der Waals surface area (Å²) in [5, 5.41) is 2.87. The monoisotopic (exact) mass is 253 g/mol. The second kappa shape index (κ2) is 6.99. The standard InChI is InChI=1S/C14H20FNO2/c1-4-5-10(2)16-14(17)11(3)18-13-8-6-12(15)7-9-13/h6-11H,4-5H2,1-3H3,(H,16,17). The molecule has 1 N–H and O–H groups in total. The van der Waals surface area contributed by atoms with Gasteiger partial charge in [0.15, 0.2) is 6.10 Å². The molecule has 0 aliphatic carbocycles. The molecule has 2 atom stereocenters. The van der Waals surface area contributed by atoms with Crippen molar-refractivity contribution < 1.29 is 13.9 Å². The van der Waals surface area contributed by atoms with E-state index in [9.17, 15) is 9.18 Å². The number of amides is 1. The van der Waals surface area contributed by atoms with E-state index in [4.69, 9.17) is 4.74 Å². The molecule has 1 aromatic rings. The third-order valence-electron chi connectivity index (χ3n) is 2.61. The molecule has 18 heavy (non-hydrogen) atoms. The molecule has 0 bridgehead atoms. The molecule has 0 radical (unpaired) electrons. The maximum absolute atomic E-state index is 12.7. The summed E-state index contributed by atoms with van der Waals surface area (Å²) >= 11 is 0. The van der Waals surface area contributed by atoms with Crippen LogP contribution in [-0.4, -0.2) is 18.1 Å². The van der Waals surface area contributed by atoms with Crippen LogP contribution in [-0.2, 0) is 4.79 Å². The van der Waals surface area contributed by atoms with Crippen LogP contribution in [0.2, 0.25) is 0 Å². The Balaban J connectivity index is 2.46. The van der Waals surface area contributed by atoms with Crippen LogP contribution in [0.25, 0.3) is 0 Å². The van der Waals surface area contributed by atoms with Gasteiger partial charge in [-0.2, -0.15) is 0 Å². The zero-order chi connectivity index (χ0) is 13.5. The lowest BCUT2D eigenvalue weighted by atomic mass is 10.2. The first-order valence-corrected chi connectivity index (χ1v) is 6.25. The Hall–Kier alpha value is -1.58. The lowest BCUT2D eigenvalue weighted by Crippen LogP contribution is -2.41. The maximum atomic E-state index is 12.7. The van der Waals surface area contributed by atoms with E-state index >= 15 is 0 Å². The molecule has 1 rings (SSSR count). The van der Waals surface area contributed by atoms with Crippen molar-refractivity contribution in [3.8, 4) is 5.75 Å². The Bertz CT molecular complexity index is 378. The lowest BCUT2D eigenvalue weighted by Gasteiger charge is -2.18. The van der Waals surface area contributed by atoms with Crippen molar-refractivity contribution in [3.05, 3.63) is 30.1 Å². The van der Waals surface area contributed by atoms with Crippen LogP contribution in [0.1, 0.15) is 33.6 Å². The normalized spacial score (nSPS) is 13.8. The molecule has 0 aromatic heterocycles. The molecule has 0 aliphatic rings. The minimum absolute atomic E-state index is 0.141. The van der Waals surface area contributed by atoms with Gasteiger partial charge in [-0.25, -0.2) is 4.39 Å². The summed E-state index contributed by atoms with van der Waals surface area (Å²) < 4.78 is 18.1. The molecule has 1 aromatic carbocycles. The highest BCUT2D eigenvalue weighted by molar-refractivity contribution is 5.80. The highest BCUT2D eigenvalue weighted by atomic mass is 19.1. The number of rotatable bonds is 6. The van der Waals surface area contributed by atoms with Gasteiger partial charge in [-0.05, 0) is 44.5 Å². The van der Waals surface area contributed by atoms with E-state index in [1.165, 1.54) is 24.3 Å². The highest BCUT2D eigenvalue weighted by Crippen LogP contribution is 2.13. The summed E-state index contributed by atoms with van der Waals surface area (Å²) in [5.74, 6) is 0.0125. The van der Waals surface area contributed by atoms with E-state index in [-0.39, 0.29) is 17.8 Å². The van der Waals surface area contributed by atoms with Crippen LogP contribution < -0.4 is 10.1 Å². The number of nitrogens with one attached hydrogen (secondary N) is 1. The molecule has 3 nitrogen and oxygen atoms in total. The second-order valence-corrected chi connectivity index (χ2v) is 4.41. The number of benzene rings is 1. The predicted molar refractivity (Wildman–Crippen MR) is 69.0 cm³/mol. The minimum atomic E-state index is -0.588. The summed E-state index contributed by atoms with van der Waals surface area (Å²) in [5.41, 5.74) is 0. The van der Waals surface area contributed by atoms with Crippen molar-refractivity contribution in [3.63, 3.8) is 0 Å². The third-order valence-corrected chi connectivity index (χ3v) is 2.61. The summed E-state index contributed by atoms with van der Waals surface area (Å²) in [4.78, 5) is 11.8. The quantitative estimate of drug-likeness (QED) is 0.846. The lowest BCUT2D eigenvalue weighted by molar-refractivity contribution is -0.127. The minimum Gasteiger partial charge on any atom is -0.481 e. The summed E-state index contributed by atoms with van der Waals surface area (Å²) in [6, 6.07) is 5.77. The first-order valence-electron chi connectivity index (χ1n) is 6.25. The zero-order valence-corrected chi connectivity index (χ0v) is 11.1. The Morgan fingerprint density at radius 2 is 1.94 bits per heavy atom. The van der Waals surface area contributed by atoms with Crippen LogP contribution in [0.15, 0.2) is 24.3 Å². The molecule has 100 valence electrons. The van der Waals surface area contributed by atoms with E-state index in [1.54, 1.807) is 6.92 Å². The van der Waals surface area contributed by atoms with Crippen molar-refractivity contribution in [1.29, 1.82) is 0 Å². The van der Waals surface area contributed by atoms with Gasteiger partial charge in [-0.15, -0.1) is 0 Å². The van der Waals surface area contributed by atoms with Crippen LogP contribution in [0, 0.1) is 5.82 Å². The van der Waals surface area contributed by atoms with Gasteiger partial charge in [0.25, 0.3) is 5.91 Å². The number of halogens is 1. The molecular weight excluding hydrogens is 233 g/mol. The fourth-order valence-electron chi connectivity index (χ4n) is 1.64. The zero-order valence-electron chi connectivity index (χ0n) is 11.1. The summed E-state index contributed by atoms with van der Waals surface area (Å²) in [6.07, 6.45) is 1.37. The summed E-state index contributed by atoms with van der Waals surface area (Å²) in [7, 11) is 0. The Morgan fingerprint density at radius 1 is 1.33 bits per heavy atom. The number of carbonyl (C=O) groups excluding carboxylic acids is 1. The van der Waals surface area contributed by atoms with E-state index < -0.39 is 6.10 Å². The molecule has 0 saturated carbocycles. The van der Waals surface area contributed by atoms with Crippen molar-refractivity contribution in [2.45, 2.75) is 45.8 Å². The SMILES string of the molecule is CCCC(C)NC(=O)C(C)Oc1ccc(F)cc1. The van der Waals surface area contributed by atoms with E-state index in [0.717, 1.165) is 12.8 Å². The second-order valence-electron chi connectivity index (χ2n) is 4.41. The molecule has 0 spiro atoms. The fraction of sp³-hybridized carbons (Fsp3) is 0.500. The topological polar surface area (TPSA) is 38.3 Å². The van der Waals surface area contributed by atoms with Crippen LogP contribution in [0.5, 0.6) is 5.75 Å². The fourth-order valence-corrected chi connectivity index (χ4v) is 1.64. The molecule has 4 heteroatoms. The van der Waals surface area contributed by atoms with Gasteiger partial charge in [-0.1, -0.05) is 13.3 Å². The van der Waals surface area contributed by atoms with Gasteiger partial charge in [0, 0.05) is 6.04 Å². The molecule has 0 fully saturated rings. The van der Waals surface area contributed by atoms with Crippen molar-refractivity contribution in [2.24, 2.45) is 0 Å². The van der Waals surface area contributed by atoms with Crippen LogP contribution in [0.3, 0.4) is 0 Å². The van der Waals surface area contributed by atoms with Gasteiger partial charge >= 0.3 is 0 Å². The molecule has 2 unspecified atom stereocenters. The maximum Gasteiger partial charge on any atom is 0.260 e. The van der Waals surface area contributed by atoms with E-state index in [0.29, 0.717) is 5.75 Å². The third kappa shape index (κ3) is 4.73. The average Bonchev–Trinajstić information content (AvgIpc) is 2.32.